The number of piperidine rings is 1. The first-order valence-electron chi connectivity index (χ1n) is 9.11. The molecule has 25 heavy (non-hydrogen) atoms. The van der Waals surface area contributed by atoms with E-state index in [1.54, 1.807) is 7.11 Å². The molecular weight excluding hydrogens is 314 g/mol. The number of rotatable bonds is 4. The van der Waals surface area contributed by atoms with Crippen LogP contribution in [0.3, 0.4) is 0 Å². The maximum atomic E-state index is 13.1. The highest BCUT2D eigenvalue weighted by atomic mass is 16.5. The number of carbonyl (C=O) groups is 1. The van der Waals surface area contributed by atoms with Gasteiger partial charge in [0.05, 0.1) is 17.5 Å². The molecule has 0 radical (unpaired) electrons. The van der Waals surface area contributed by atoms with Gasteiger partial charge in [0.2, 0.25) is 5.91 Å². The van der Waals surface area contributed by atoms with Gasteiger partial charge in [0, 0.05) is 38.7 Å². The number of hydrogen-bond acceptors (Lipinski definition) is 4. The van der Waals surface area contributed by atoms with E-state index >= 15 is 0 Å². The van der Waals surface area contributed by atoms with Crippen molar-refractivity contribution in [2.24, 2.45) is 5.41 Å². The summed E-state index contributed by atoms with van der Waals surface area (Å²) in [6.45, 7) is 3.84. The molecule has 2 saturated heterocycles. The van der Waals surface area contributed by atoms with Crippen LogP contribution in [-0.2, 0) is 9.53 Å². The molecular formula is C20H25N3O2. The van der Waals surface area contributed by atoms with Crippen LogP contribution < -0.4 is 4.90 Å². The van der Waals surface area contributed by atoms with Gasteiger partial charge in [-0.25, -0.2) is 4.98 Å². The van der Waals surface area contributed by atoms with E-state index in [0.717, 1.165) is 55.6 Å². The van der Waals surface area contributed by atoms with E-state index in [1.807, 2.05) is 23.1 Å². The van der Waals surface area contributed by atoms with Gasteiger partial charge in [-0.2, -0.15) is 0 Å². The van der Waals surface area contributed by atoms with Crippen molar-refractivity contribution in [2.75, 3.05) is 44.8 Å². The molecule has 2 aliphatic rings. The number of likely N-dealkylation sites (tertiary alicyclic amines) is 1. The molecule has 2 aromatic rings. The average molecular weight is 339 g/mol. The van der Waals surface area contributed by atoms with Crippen molar-refractivity contribution in [3.05, 3.63) is 36.4 Å². The number of carbonyl (C=O) groups excluding carboxylic acids is 1. The summed E-state index contributed by atoms with van der Waals surface area (Å²) >= 11 is 0. The Bertz CT molecular complexity index is 778. The lowest BCUT2D eigenvalue weighted by molar-refractivity contribution is -0.145. The molecule has 1 atom stereocenters. The highest BCUT2D eigenvalue weighted by Gasteiger charge is 2.48. The third kappa shape index (κ3) is 2.97. The number of hydrogen-bond donors (Lipinski definition) is 0. The standard InChI is InChI=1S/C20H25N3O2/c1-25-14-13-22-11-4-9-20(19(22)24)10-12-23(15-20)18-8-7-16-5-2-3-6-17(16)21-18/h2-3,5-8H,4,9-15H2,1H3. The lowest BCUT2D eigenvalue weighted by Crippen LogP contribution is -2.51. The molecule has 3 heterocycles. The van der Waals surface area contributed by atoms with E-state index in [2.05, 4.69) is 23.1 Å². The molecule has 0 saturated carbocycles. The predicted molar refractivity (Wildman–Crippen MR) is 98.7 cm³/mol. The van der Waals surface area contributed by atoms with Crippen molar-refractivity contribution in [2.45, 2.75) is 19.3 Å². The van der Waals surface area contributed by atoms with E-state index in [1.165, 1.54) is 0 Å². The Labute approximate surface area is 148 Å². The molecule has 1 aromatic heterocycles. The Kier molecular flexibility index (Phi) is 4.34. The maximum Gasteiger partial charge on any atom is 0.230 e. The number of methoxy groups -OCH3 is 1. The molecule has 0 N–H and O–H groups in total. The number of anilines is 1. The van der Waals surface area contributed by atoms with Crippen LogP contribution in [0.4, 0.5) is 5.82 Å². The zero-order valence-corrected chi connectivity index (χ0v) is 14.8. The van der Waals surface area contributed by atoms with Gasteiger partial charge in [0.25, 0.3) is 0 Å². The molecule has 132 valence electrons. The normalized spacial score (nSPS) is 23.8. The summed E-state index contributed by atoms with van der Waals surface area (Å²) in [6, 6.07) is 12.4. The topological polar surface area (TPSA) is 45.7 Å². The van der Waals surface area contributed by atoms with Crippen molar-refractivity contribution in [3.63, 3.8) is 0 Å². The third-order valence-electron chi connectivity index (χ3n) is 5.65. The number of para-hydroxylation sites is 1. The number of fused-ring (bicyclic) bond motifs is 1. The van der Waals surface area contributed by atoms with E-state index in [4.69, 9.17) is 9.72 Å². The van der Waals surface area contributed by atoms with Crippen molar-refractivity contribution in [1.29, 1.82) is 0 Å². The van der Waals surface area contributed by atoms with Crippen LogP contribution in [0.2, 0.25) is 0 Å². The van der Waals surface area contributed by atoms with Gasteiger partial charge in [0.1, 0.15) is 5.82 Å². The summed E-state index contributed by atoms with van der Waals surface area (Å²) < 4.78 is 5.16. The summed E-state index contributed by atoms with van der Waals surface area (Å²) in [6.07, 6.45) is 2.98. The van der Waals surface area contributed by atoms with Crippen LogP contribution in [0.15, 0.2) is 36.4 Å². The van der Waals surface area contributed by atoms with E-state index in [0.29, 0.717) is 19.1 Å². The van der Waals surface area contributed by atoms with Crippen molar-refractivity contribution in [3.8, 4) is 0 Å². The number of pyridine rings is 1. The molecule has 1 unspecified atom stereocenters. The lowest BCUT2D eigenvalue weighted by Gasteiger charge is -2.39. The first-order valence-corrected chi connectivity index (χ1v) is 9.11. The highest BCUT2D eigenvalue weighted by molar-refractivity contribution is 5.85. The summed E-state index contributed by atoms with van der Waals surface area (Å²) in [4.78, 5) is 22.2. The summed E-state index contributed by atoms with van der Waals surface area (Å²) in [5.74, 6) is 1.29. The van der Waals surface area contributed by atoms with Gasteiger partial charge in [-0.05, 0) is 37.5 Å². The van der Waals surface area contributed by atoms with Crippen LogP contribution >= 0.6 is 0 Å². The van der Waals surface area contributed by atoms with Crippen molar-refractivity contribution < 1.29 is 9.53 Å². The summed E-state index contributed by atoms with van der Waals surface area (Å²) in [7, 11) is 1.69. The van der Waals surface area contributed by atoms with Gasteiger partial charge < -0.3 is 14.5 Å². The van der Waals surface area contributed by atoms with E-state index < -0.39 is 0 Å². The monoisotopic (exact) mass is 339 g/mol. The number of benzene rings is 1. The SMILES string of the molecule is COCCN1CCCC2(CCN(c3ccc4ccccc4n3)C2)C1=O. The Hall–Kier alpha value is -2.14. The summed E-state index contributed by atoms with van der Waals surface area (Å²) in [5.41, 5.74) is 0.775. The highest BCUT2D eigenvalue weighted by Crippen LogP contribution is 2.41. The Morgan fingerprint density at radius 2 is 2.04 bits per heavy atom. The maximum absolute atomic E-state index is 13.1. The minimum atomic E-state index is -0.237. The fourth-order valence-corrected chi connectivity index (χ4v) is 4.25. The average Bonchev–Trinajstić information content (AvgIpc) is 3.08. The van der Waals surface area contributed by atoms with Gasteiger partial charge in [0.15, 0.2) is 0 Å². The number of nitrogens with zero attached hydrogens (tertiary/aromatic N) is 3. The van der Waals surface area contributed by atoms with Crippen LogP contribution in [0.25, 0.3) is 10.9 Å². The van der Waals surface area contributed by atoms with Crippen molar-refractivity contribution >= 4 is 22.6 Å². The van der Waals surface area contributed by atoms with Crippen LogP contribution in [0, 0.1) is 5.41 Å². The largest absolute Gasteiger partial charge is 0.383 e. The summed E-state index contributed by atoms with van der Waals surface area (Å²) in [5, 5.41) is 1.15. The van der Waals surface area contributed by atoms with Gasteiger partial charge in [-0.1, -0.05) is 18.2 Å². The fourth-order valence-electron chi connectivity index (χ4n) is 4.25. The van der Waals surface area contributed by atoms with Gasteiger partial charge in [-0.15, -0.1) is 0 Å². The second-order valence-electron chi connectivity index (χ2n) is 7.20. The second-order valence-corrected chi connectivity index (χ2v) is 7.20. The Morgan fingerprint density at radius 1 is 1.16 bits per heavy atom. The van der Waals surface area contributed by atoms with Crippen molar-refractivity contribution in [1.82, 2.24) is 9.88 Å². The predicted octanol–water partition coefficient (Wildman–Crippen LogP) is 2.70. The Balaban J connectivity index is 1.54. The molecule has 2 fully saturated rings. The van der Waals surface area contributed by atoms with Gasteiger partial charge >= 0.3 is 0 Å². The molecule has 1 spiro atoms. The molecule has 4 rings (SSSR count). The quantitative estimate of drug-likeness (QED) is 0.859. The molecule has 0 bridgehead atoms. The first-order chi connectivity index (χ1) is 12.2. The molecule has 0 aliphatic carbocycles. The first kappa shape index (κ1) is 16.3. The minimum absolute atomic E-state index is 0.237. The van der Waals surface area contributed by atoms with Crippen LogP contribution in [0.5, 0.6) is 0 Å². The number of aromatic nitrogens is 1. The molecule has 2 aliphatic heterocycles. The second kappa shape index (κ2) is 6.64. The number of amides is 1. The number of ether oxygens (including phenoxy) is 1. The van der Waals surface area contributed by atoms with E-state index in [-0.39, 0.29) is 5.41 Å². The van der Waals surface area contributed by atoms with Crippen LogP contribution in [0.1, 0.15) is 19.3 Å². The third-order valence-corrected chi connectivity index (χ3v) is 5.65. The zero-order valence-electron chi connectivity index (χ0n) is 14.8. The zero-order chi connectivity index (χ0) is 17.3. The molecule has 5 heteroatoms. The van der Waals surface area contributed by atoms with E-state index in [9.17, 15) is 4.79 Å². The molecule has 5 nitrogen and oxygen atoms in total. The Morgan fingerprint density at radius 3 is 2.92 bits per heavy atom. The van der Waals surface area contributed by atoms with Gasteiger partial charge in [-0.3, -0.25) is 4.79 Å². The smallest absolute Gasteiger partial charge is 0.230 e. The molecule has 1 aromatic carbocycles. The lowest BCUT2D eigenvalue weighted by atomic mass is 9.78. The van der Waals surface area contributed by atoms with Crippen LogP contribution in [-0.4, -0.2) is 55.7 Å². The molecule has 1 amide bonds. The minimum Gasteiger partial charge on any atom is -0.383 e. The fraction of sp³-hybridized carbons (Fsp3) is 0.500.